The van der Waals surface area contributed by atoms with E-state index in [0.29, 0.717) is 17.1 Å². The molecule has 6 nitrogen and oxygen atoms in total. The van der Waals surface area contributed by atoms with Crippen LogP contribution in [0.15, 0.2) is 42.6 Å². The van der Waals surface area contributed by atoms with Crippen LogP contribution in [0.3, 0.4) is 0 Å². The first-order valence-electron chi connectivity index (χ1n) is 7.36. The Kier molecular flexibility index (Phi) is 3.19. The number of benzene rings is 2. The zero-order valence-corrected chi connectivity index (χ0v) is 12.8. The fraction of sp³-hybridized carbons (Fsp3) is 0.0588. The van der Waals surface area contributed by atoms with E-state index in [9.17, 15) is 9.50 Å². The van der Waals surface area contributed by atoms with Crippen LogP contribution in [0.25, 0.3) is 22.2 Å². The summed E-state index contributed by atoms with van der Waals surface area (Å²) in [5.41, 5.74) is 4.20. The van der Waals surface area contributed by atoms with Crippen LogP contribution >= 0.6 is 0 Å². The number of hydrogen-bond donors (Lipinski definition) is 4. The number of aromatic hydroxyl groups is 1. The standard InChI is InChI=1S/C17H14FN5O/c1-9-11-8-19-21-14(11)4-3-13(9)20-17-7-15(22-23-17)10-2-5-16(24)12(18)6-10/h2-8,24H,1H3,(H,19,21)(H2,20,22,23). The van der Waals surface area contributed by atoms with E-state index in [1.807, 2.05) is 19.1 Å². The van der Waals surface area contributed by atoms with Gasteiger partial charge in [-0.15, -0.1) is 0 Å². The molecule has 2 aromatic carbocycles. The minimum Gasteiger partial charge on any atom is -0.505 e. The molecule has 0 spiro atoms. The van der Waals surface area contributed by atoms with Gasteiger partial charge in [-0.25, -0.2) is 4.39 Å². The summed E-state index contributed by atoms with van der Waals surface area (Å²) in [6.45, 7) is 2.00. The normalized spacial score (nSPS) is 11.1. The summed E-state index contributed by atoms with van der Waals surface area (Å²) in [7, 11) is 0. The third-order valence-corrected chi connectivity index (χ3v) is 3.99. The van der Waals surface area contributed by atoms with Crippen molar-refractivity contribution in [3.05, 3.63) is 54.0 Å². The second-order valence-electron chi connectivity index (χ2n) is 5.53. The molecule has 0 amide bonds. The highest BCUT2D eigenvalue weighted by molar-refractivity contribution is 5.87. The average Bonchev–Trinajstić information content (AvgIpc) is 3.22. The number of H-pyrrole nitrogens is 2. The topological polar surface area (TPSA) is 89.6 Å². The lowest BCUT2D eigenvalue weighted by Crippen LogP contribution is -1.93. The second kappa shape index (κ2) is 5.38. The van der Waals surface area contributed by atoms with Crippen LogP contribution in [-0.2, 0) is 0 Å². The van der Waals surface area contributed by atoms with E-state index in [1.54, 1.807) is 18.3 Å². The van der Waals surface area contributed by atoms with E-state index >= 15 is 0 Å². The van der Waals surface area contributed by atoms with Gasteiger partial charge in [0.2, 0.25) is 0 Å². The molecular weight excluding hydrogens is 309 g/mol. The van der Waals surface area contributed by atoms with Crippen molar-refractivity contribution in [2.24, 2.45) is 0 Å². The van der Waals surface area contributed by atoms with E-state index in [2.05, 4.69) is 25.7 Å². The molecule has 24 heavy (non-hydrogen) atoms. The quantitative estimate of drug-likeness (QED) is 0.461. The number of phenols is 1. The van der Waals surface area contributed by atoms with Crippen molar-refractivity contribution in [1.29, 1.82) is 0 Å². The van der Waals surface area contributed by atoms with Crippen molar-refractivity contribution in [2.45, 2.75) is 6.92 Å². The minimum absolute atomic E-state index is 0.374. The molecule has 4 rings (SSSR count). The number of anilines is 2. The van der Waals surface area contributed by atoms with Crippen LogP contribution in [0.4, 0.5) is 15.9 Å². The number of phenolic OH excluding ortho intramolecular Hbond substituents is 1. The molecule has 0 fully saturated rings. The first kappa shape index (κ1) is 14.3. The fourth-order valence-corrected chi connectivity index (χ4v) is 2.64. The van der Waals surface area contributed by atoms with Crippen molar-refractivity contribution in [3.63, 3.8) is 0 Å². The summed E-state index contributed by atoms with van der Waals surface area (Å²) in [6.07, 6.45) is 1.78. The largest absolute Gasteiger partial charge is 0.505 e. The predicted octanol–water partition coefficient (Wildman–Crippen LogP) is 3.85. The molecular formula is C17H14FN5O. The maximum absolute atomic E-state index is 13.5. The van der Waals surface area contributed by atoms with Gasteiger partial charge >= 0.3 is 0 Å². The molecule has 0 aliphatic heterocycles. The van der Waals surface area contributed by atoms with E-state index in [1.165, 1.54) is 12.1 Å². The highest BCUT2D eigenvalue weighted by Crippen LogP contribution is 2.29. The van der Waals surface area contributed by atoms with Gasteiger partial charge in [-0.1, -0.05) is 0 Å². The van der Waals surface area contributed by atoms with E-state index in [4.69, 9.17) is 0 Å². The Morgan fingerprint density at radius 2 is 2.00 bits per heavy atom. The minimum atomic E-state index is -0.669. The van der Waals surface area contributed by atoms with Gasteiger partial charge in [-0.05, 0) is 42.8 Å². The third kappa shape index (κ3) is 2.36. The van der Waals surface area contributed by atoms with Crippen LogP contribution in [0.5, 0.6) is 5.75 Å². The van der Waals surface area contributed by atoms with Crippen LogP contribution in [0.2, 0.25) is 0 Å². The number of halogens is 1. The number of rotatable bonds is 3. The van der Waals surface area contributed by atoms with E-state index in [0.717, 1.165) is 22.2 Å². The van der Waals surface area contributed by atoms with Gasteiger partial charge in [0, 0.05) is 22.7 Å². The smallest absolute Gasteiger partial charge is 0.165 e. The molecule has 0 saturated carbocycles. The van der Waals surface area contributed by atoms with Gasteiger partial charge < -0.3 is 10.4 Å². The lowest BCUT2D eigenvalue weighted by Gasteiger charge is -2.07. The Hall–Kier alpha value is -3.35. The van der Waals surface area contributed by atoms with Gasteiger partial charge in [0.25, 0.3) is 0 Å². The molecule has 4 N–H and O–H groups in total. The zero-order valence-electron chi connectivity index (χ0n) is 12.8. The van der Waals surface area contributed by atoms with Crippen molar-refractivity contribution in [2.75, 3.05) is 5.32 Å². The summed E-state index contributed by atoms with van der Waals surface area (Å²) >= 11 is 0. The molecule has 0 aliphatic carbocycles. The first-order valence-corrected chi connectivity index (χ1v) is 7.36. The van der Waals surface area contributed by atoms with Gasteiger partial charge in [0.15, 0.2) is 17.4 Å². The number of aromatic nitrogens is 4. The molecule has 7 heteroatoms. The molecule has 0 saturated heterocycles. The number of hydrogen-bond acceptors (Lipinski definition) is 4. The first-order chi connectivity index (χ1) is 11.6. The van der Waals surface area contributed by atoms with Crippen LogP contribution in [0.1, 0.15) is 5.56 Å². The number of fused-ring (bicyclic) bond motifs is 1. The van der Waals surface area contributed by atoms with Gasteiger partial charge in [-0.3, -0.25) is 10.2 Å². The Labute approximate surface area is 136 Å². The summed E-state index contributed by atoms with van der Waals surface area (Å²) < 4.78 is 13.5. The Morgan fingerprint density at radius 1 is 1.12 bits per heavy atom. The van der Waals surface area contributed by atoms with Crippen LogP contribution < -0.4 is 5.32 Å². The fourth-order valence-electron chi connectivity index (χ4n) is 2.64. The number of nitrogens with zero attached hydrogens (tertiary/aromatic N) is 2. The molecule has 2 heterocycles. The Bertz CT molecular complexity index is 1040. The second-order valence-corrected chi connectivity index (χ2v) is 5.53. The number of aryl methyl sites for hydroxylation is 1. The maximum atomic E-state index is 13.5. The zero-order chi connectivity index (χ0) is 16.7. The van der Waals surface area contributed by atoms with Crippen molar-refractivity contribution in [1.82, 2.24) is 20.4 Å². The average molecular weight is 323 g/mol. The Morgan fingerprint density at radius 3 is 2.83 bits per heavy atom. The summed E-state index contributed by atoms with van der Waals surface area (Å²) in [5, 5.41) is 27.6. The van der Waals surface area contributed by atoms with Crippen molar-refractivity contribution < 1.29 is 9.50 Å². The number of nitrogens with one attached hydrogen (secondary N) is 3. The maximum Gasteiger partial charge on any atom is 0.165 e. The van der Waals surface area contributed by atoms with Crippen LogP contribution in [0, 0.1) is 12.7 Å². The molecule has 0 radical (unpaired) electrons. The van der Waals surface area contributed by atoms with Crippen LogP contribution in [-0.4, -0.2) is 25.5 Å². The molecule has 0 bridgehead atoms. The lowest BCUT2D eigenvalue weighted by molar-refractivity contribution is 0.432. The summed E-state index contributed by atoms with van der Waals surface area (Å²) in [6, 6.07) is 9.87. The van der Waals surface area contributed by atoms with Gasteiger partial charge in [0.05, 0.1) is 17.4 Å². The Balaban J connectivity index is 1.64. The number of aromatic amines is 2. The predicted molar refractivity (Wildman–Crippen MR) is 89.8 cm³/mol. The van der Waals surface area contributed by atoms with E-state index < -0.39 is 5.82 Å². The monoisotopic (exact) mass is 323 g/mol. The molecule has 0 unspecified atom stereocenters. The van der Waals surface area contributed by atoms with Crippen molar-refractivity contribution >= 4 is 22.4 Å². The molecule has 0 aliphatic rings. The van der Waals surface area contributed by atoms with Gasteiger partial charge in [0.1, 0.15) is 0 Å². The molecule has 4 aromatic rings. The van der Waals surface area contributed by atoms with Crippen molar-refractivity contribution in [3.8, 4) is 17.0 Å². The highest BCUT2D eigenvalue weighted by Gasteiger charge is 2.10. The van der Waals surface area contributed by atoms with Gasteiger partial charge in [-0.2, -0.15) is 10.2 Å². The van der Waals surface area contributed by atoms with E-state index in [-0.39, 0.29) is 5.75 Å². The lowest BCUT2D eigenvalue weighted by atomic mass is 10.1. The summed E-state index contributed by atoms with van der Waals surface area (Å²) in [5.74, 6) is -0.428. The summed E-state index contributed by atoms with van der Waals surface area (Å²) in [4.78, 5) is 0. The molecule has 120 valence electrons. The third-order valence-electron chi connectivity index (χ3n) is 3.99. The molecule has 0 atom stereocenters. The molecule has 2 aromatic heterocycles. The SMILES string of the molecule is Cc1c(Nc2cc(-c3ccc(O)c(F)c3)[nH]n2)ccc2[nH]ncc12. The highest BCUT2D eigenvalue weighted by atomic mass is 19.1.